The summed E-state index contributed by atoms with van der Waals surface area (Å²) >= 11 is 0. The van der Waals surface area contributed by atoms with Crippen molar-refractivity contribution in [2.24, 2.45) is 5.92 Å². The van der Waals surface area contributed by atoms with Crippen LogP contribution in [0.5, 0.6) is 0 Å². The molecule has 19 heavy (non-hydrogen) atoms. The predicted molar refractivity (Wildman–Crippen MR) is 71.8 cm³/mol. The largest absolute Gasteiger partial charge is 0.466 e. The Bertz CT molecular complexity index is 335. The topological polar surface area (TPSA) is 55.8 Å². The Kier molecular flexibility index (Phi) is 5.20. The Labute approximate surface area is 115 Å². The van der Waals surface area contributed by atoms with Gasteiger partial charge in [0.25, 0.3) is 0 Å². The number of piperidine rings is 1. The van der Waals surface area contributed by atoms with E-state index in [2.05, 4.69) is 0 Å². The lowest BCUT2D eigenvalue weighted by Crippen LogP contribution is -2.50. The van der Waals surface area contributed by atoms with Crippen LogP contribution in [0.2, 0.25) is 0 Å². The number of carbonyl (C=O) groups excluding carboxylic acids is 2. The highest BCUT2D eigenvalue weighted by Crippen LogP contribution is 2.26. The van der Waals surface area contributed by atoms with E-state index in [1.165, 1.54) is 0 Å². The van der Waals surface area contributed by atoms with Crippen LogP contribution < -0.4 is 0 Å². The van der Waals surface area contributed by atoms with Crippen LogP contribution in [-0.4, -0.2) is 41.8 Å². The number of nitrogens with zero attached hydrogens (tertiary/aromatic N) is 1. The Morgan fingerprint density at radius 1 is 1.32 bits per heavy atom. The van der Waals surface area contributed by atoms with E-state index in [0.717, 1.165) is 12.8 Å². The van der Waals surface area contributed by atoms with E-state index in [9.17, 15) is 9.59 Å². The first kappa shape index (κ1) is 15.8. The van der Waals surface area contributed by atoms with Crippen molar-refractivity contribution in [2.45, 2.75) is 59.1 Å². The molecular weight excluding hydrogens is 246 g/mol. The molecule has 0 radical (unpaired) electrons. The maximum atomic E-state index is 12.1. The number of rotatable bonds is 2. The van der Waals surface area contributed by atoms with Gasteiger partial charge in [-0.05, 0) is 47.5 Å². The van der Waals surface area contributed by atoms with E-state index >= 15 is 0 Å². The fraction of sp³-hybridized carbons (Fsp3) is 0.857. The molecule has 0 aliphatic carbocycles. The Balaban J connectivity index is 2.70. The zero-order valence-corrected chi connectivity index (χ0v) is 12.6. The molecule has 0 bridgehead atoms. The maximum Gasteiger partial charge on any atom is 0.410 e. The van der Waals surface area contributed by atoms with Gasteiger partial charge < -0.3 is 14.4 Å². The summed E-state index contributed by atoms with van der Waals surface area (Å²) in [6.45, 7) is 10.2. The summed E-state index contributed by atoms with van der Waals surface area (Å²) in [7, 11) is 0. The molecule has 0 spiro atoms. The third kappa shape index (κ3) is 4.40. The van der Waals surface area contributed by atoms with Crippen molar-refractivity contribution in [3.8, 4) is 0 Å². The predicted octanol–water partition coefficient (Wildman–Crippen LogP) is 2.59. The molecule has 2 atom stereocenters. The van der Waals surface area contributed by atoms with Gasteiger partial charge in [0.2, 0.25) is 0 Å². The van der Waals surface area contributed by atoms with E-state index in [4.69, 9.17) is 9.47 Å². The zero-order chi connectivity index (χ0) is 14.6. The molecule has 1 saturated heterocycles. The molecule has 1 aliphatic heterocycles. The summed E-state index contributed by atoms with van der Waals surface area (Å²) in [5.74, 6) is -0.468. The van der Waals surface area contributed by atoms with Crippen LogP contribution in [-0.2, 0) is 14.3 Å². The number of ether oxygens (including phenoxy) is 2. The number of esters is 1. The quantitative estimate of drug-likeness (QED) is 0.724. The molecule has 0 saturated carbocycles. The van der Waals surface area contributed by atoms with E-state index < -0.39 is 5.60 Å². The van der Waals surface area contributed by atoms with Crippen LogP contribution in [0, 0.1) is 5.92 Å². The minimum Gasteiger partial charge on any atom is -0.466 e. The molecule has 5 heteroatoms. The molecule has 1 fully saturated rings. The van der Waals surface area contributed by atoms with Gasteiger partial charge in [-0.2, -0.15) is 0 Å². The summed E-state index contributed by atoms with van der Waals surface area (Å²) in [5, 5.41) is 0. The minimum absolute atomic E-state index is 0.178. The second-order valence-corrected chi connectivity index (χ2v) is 5.92. The van der Waals surface area contributed by atoms with Gasteiger partial charge in [0, 0.05) is 12.6 Å². The van der Waals surface area contributed by atoms with E-state index in [-0.39, 0.29) is 24.0 Å². The summed E-state index contributed by atoms with van der Waals surface area (Å²) in [6.07, 6.45) is 1.21. The van der Waals surface area contributed by atoms with Crippen LogP contribution in [0.4, 0.5) is 4.79 Å². The third-order valence-corrected chi connectivity index (χ3v) is 3.21. The summed E-state index contributed by atoms with van der Waals surface area (Å²) in [4.78, 5) is 25.6. The van der Waals surface area contributed by atoms with Gasteiger partial charge in [-0.15, -0.1) is 0 Å². The standard InChI is InChI=1S/C14H25NO4/c1-6-18-12(16)11-8-7-9-15(10(11)2)13(17)19-14(3,4)5/h10-11H,6-9H2,1-5H3/t10-,11-/m1/s1. The lowest BCUT2D eigenvalue weighted by atomic mass is 9.90. The van der Waals surface area contributed by atoms with Gasteiger partial charge in [0.1, 0.15) is 5.60 Å². The van der Waals surface area contributed by atoms with Crippen molar-refractivity contribution in [2.75, 3.05) is 13.2 Å². The fourth-order valence-corrected chi connectivity index (χ4v) is 2.29. The van der Waals surface area contributed by atoms with Gasteiger partial charge in [-0.25, -0.2) is 4.79 Å². The first-order valence-corrected chi connectivity index (χ1v) is 6.92. The van der Waals surface area contributed by atoms with Gasteiger partial charge >= 0.3 is 12.1 Å². The van der Waals surface area contributed by atoms with Gasteiger partial charge in [-0.3, -0.25) is 4.79 Å². The van der Waals surface area contributed by atoms with Crippen molar-refractivity contribution < 1.29 is 19.1 Å². The average Bonchev–Trinajstić information content (AvgIpc) is 2.27. The third-order valence-electron chi connectivity index (χ3n) is 3.21. The molecule has 0 unspecified atom stereocenters. The summed E-state index contributed by atoms with van der Waals surface area (Å²) in [5.41, 5.74) is -0.520. The molecule has 1 amide bonds. The first-order valence-electron chi connectivity index (χ1n) is 6.92. The van der Waals surface area contributed by atoms with Crippen molar-refractivity contribution >= 4 is 12.1 Å². The average molecular weight is 271 g/mol. The van der Waals surface area contributed by atoms with E-state index in [1.807, 2.05) is 27.7 Å². The fourth-order valence-electron chi connectivity index (χ4n) is 2.29. The molecular formula is C14H25NO4. The molecule has 0 aromatic rings. The molecule has 110 valence electrons. The van der Waals surface area contributed by atoms with Gasteiger partial charge in [0.15, 0.2) is 0 Å². The van der Waals surface area contributed by atoms with Crippen LogP contribution in [0.25, 0.3) is 0 Å². The number of hydrogen-bond donors (Lipinski definition) is 0. The van der Waals surface area contributed by atoms with Crippen molar-refractivity contribution in [3.05, 3.63) is 0 Å². The molecule has 0 aromatic carbocycles. The van der Waals surface area contributed by atoms with Crippen molar-refractivity contribution in [3.63, 3.8) is 0 Å². The summed E-state index contributed by atoms with van der Waals surface area (Å²) < 4.78 is 10.4. The molecule has 1 aliphatic rings. The maximum absolute atomic E-state index is 12.1. The second kappa shape index (κ2) is 6.26. The van der Waals surface area contributed by atoms with Crippen molar-refractivity contribution in [1.82, 2.24) is 4.90 Å². The smallest absolute Gasteiger partial charge is 0.410 e. The highest BCUT2D eigenvalue weighted by Gasteiger charge is 2.37. The second-order valence-electron chi connectivity index (χ2n) is 5.92. The Hall–Kier alpha value is -1.26. The van der Waals surface area contributed by atoms with Crippen LogP contribution in [0.3, 0.4) is 0 Å². The van der Waals surface area contributed by atoms with Crippen LogP contribution in [0.1, 0.15) is 47.5 Å². The first-order chi connectivity index (χ1) is 8.76. The Morgan fingerprint density at radius 2 is 1.95 bits per heavy atom. The highest BCUT2D eigenvalue weighted by molar-refractivity contribution is 5.75. The highest BCUT2D eigenvalue weighted by atomic mass is 16.6. The van der Waals surface area contributed by atoms with Gasteiger partial charge in [0.05, 0.1) is 12.5 Å². The molecule has 0 N–H and O–H groups in total. The Morgan fingerprint density at radius 3 is 2.47 bits per heavy atom. The number of amides is 1. The van der Waals surface area contributed by atoms with E-state index in [1.54, 1.807) is 11.8 Å². The lowest BCUT2D eigenvalue weighted by Gasteiger charge is -2.38. The van der Waals surface area contributed by atoms with Crippen LogP contribution >= 0.6 is 0 Å². The molecule has 1 rings (SSSR count). The SMILES string of the molecule is CCOC(=O)[C@@H]1CCCN(C(=O)OC(C)(C)C)[C@@H]1C. The van der Waals surface area contributed by atoms with Gasteiger partial charge in [-0.1, -0.05) is 0 Å². The molecule has 0 aromatic heterocycles. The molecule has 1 heterocycles. The molecule has 5 nitrogen and oxygen atoms in total. The summed E-state index contributed by atoms with van der Waals surface area (Å²) in [6, 6.07) is -0.178. The number of carbonyl (C=O) groups is 2. The normalized spacial score (nSPS) is 23.9. The van der Waals surface area contributed by atoms with Crippen LogP contribution in [0.15, 0.2) is 0 Å². The van der Waals surface area contributed by atoms with Crippen molar-refractivity contribution in [1.29, 1.82) is 0 Å². The number of likely N-dealkylation sites (tertiary alicyclic amines) is 1. The number of hydrogen-bond acceptors (Lipinski definition) is 4. The zero-order valence-electron chi connectivity index (χ0n) is 12.6. The van der Waals surface area contributed by atoms with E-state index in [0.29, 0.717) is 13.2 Å². The minimum atomic E-state index is -0.520. The lowest BCUT2D eigenvalue weighted by molar-refractivity contribution is -0.151. The monoisotopic (exact) mass is 271 g/mol.